The summed E-state index contributed by atoms with van der Waals surface area (Å²) < 4.78 is 5.41. The van der Waals surface area contributed by atoms with Crippen LogP contribution in [0, 0.1) is 0 Å². The summed E-state index contributed by atoms with van der Waals surface area (Å²) in [6, 6.07) is 27.1. The van der Waals surface area contributed by atoms with Gasteiger partial charge in [0, 0.05) is 19.4 Å². The Kier molecular flexibility index (Phi) is 10.0. The molecular formula is C31H38N2O5. The third kappa shape index (κ3) is 9.32. The maximum absolute atomic E-state index is 13.4. The highest BCUT2D eigenvalue weighted by atomic mass is 16.6. The molecule has 3 aromatic rings. The largest absolute Gasteiger partial charge is 0.444 e. The highest BCUT2D eigenvalue weighted by molar-refractivity contribution is 5.85. The Balaban J connectivity index is 1.83. The SMILES string of the molecule is CC(C)(C)OC(=O)N[C@@H](Cc1ccccc1)[C@@H](O)C[C@@](O)(Cc1ccccc1)C(=O)NCc1ccccc1. The average Bonchev–Trinajstić information content (AvgIpc) is 2.87. The van der Waals surface area contributed by atoms with Crippen LogP contribution >= 0.6 is 0 Å². The number of rotatable bonds is 11. The van der Waals surface area contributed by atoms with Crippen molar-refractivity contribution in [2.24, 2.45) is 0 Å². The fourth-order valence-corrected chi connectivity index (χ4v) is 4.22. The first-order valence-electron chi connectivity index (χ1n) is 12.8. The van der Waals surface area contributed by atoms with Crippen molar-refractivity contribution in [2.75, 3.05) is 0 Å². The maximum Gasteiger partial charge on any atom is 0.407 e. The minimum Gasteiger partial charge on any atom is -0.444 e. The molecule has 2 amide bonds. The molecule has 38 heavy (non-hydrogen) atoms. The topological polar surface area (TPSA) is 108 Å². The fourth-order valence-electron chi connectivity index (χ4n) is 4.22. The lowest BCUT2D eigenvalue weighted by Gasteiger charge is -2.33. The van der Waals surface area contributed by atoms with Crippen LogP contribution in [-0.4, -0.2) is 45.6 Å². The number of carbonyl (C=O) groups is 2. The molecule has 0 radical (unpaired) electrons. The first kappa shape index (κ1) is 28.9. The Morgan fingerprint density at radius 2 is 1.32 bits per heavy atom. The van der Waals surface area contributed by atoms with Gasteiger partial charge in [0.2, 0.25) is 0 Å². The van der Waals surface area contributed by atoms with Crippen LogP contribution in [-0.2, 0) is 28.9 Å². The van der Waals surface area contributed by atoms with E-state index in [1.165, 1.54) is 0 Å². The second-order valence-electron chi connectivity index (χ2n) is 10.6. The van der Waals surface area contributed by atoms with Gasteiger partial charge in [-0.15, -0.1) is 0 Å². The molecule has 3 rings (SSSR count). The van der Waals surface area contributed by atoms with E-state index in [0.29, 0.717) is 0 Å². The molecule has 3 aromatic carbocycles. The Bertz CT molecular complexity index is 1150. The average molecular weight is 519 g/mol. The minimum atomic E-state index is -1.93. The highest BCUT2D eigenvalue weighted by Gasteiger charge is 2.40. The van der Waals surface area contributed by atoms with Gasteiger partial charge in [-0.25, -0.2) is 4.79 Å². The smallest absolute Gasteiger partial charge is 0.407 e. The summed E-state index contributed by atoms with van der Waals surface area (Å²) in [6.07, 6.45) is -1.95. The molecule has 0 spiro atoms. The zero-order valence-corrected chi connectivity index (χ0v) is 22.3. The summed E-state index contributed by atoms with van der Waals surface area (Å²) in [7, 11) is 0. The molecule has 0 unspecified atom stereocenters. The molecule has 0 fully saturated rings. The predicted octanol–water partition coefficient (Wildman–Crippen LogP) is 4.16. The third-order valence-electron chi connectivity index (χ3n) is 6.07. The van der Waals surface area contributed by atoms with Crippen LogP contribution in [0.25, 0.3) is 0 Å². The quantitative estimate of drug-likeness (QED) is 0.305. The molecule has 7 heteroatoms. The van der Waals surface area contributed by atoms with E-state index >= 15 is 0 Å². The van der Waals surface area contributed by atoms with Gasteiger partial charge in [0.05, 0.1) is 12.1 Å². The van der Waals surface area contributed by atoms with E-state index in [9.17, 15) is 19.8 Å². The molecule has 0 heterocycles. The van der Waals surface area contributed by atoms with Gasteiger partial charge in [0.25, 0.3) is 5.91 Å². The van der Waals surface area contributed by atoms with E-state index in [2.05, 4.69) is 10.6 Å². The van der Waals surface area contributed by atoms with Gasteiger partial charge in [0.1, 0.15) is 11.2 Å². The molecule has 0 aliphatic rings. The summed E-state index contributed by atoms with van der Waals surface area (Å²) in [5, 5.41) is 28.6. The summed E-state index contributed by atoms with van der Waals surface area (Å²) in [5.74, 6) is -0.597. The van der Waals surface area contributed by atoms with Gasteiger partial charge in [-0.05, 0) is 43.9 Å². The lowest BCUT2D eigenvalue weighted by Crippen LogP contribution is -2.54. The van der Waals surface area contributed by atoms with Crippen molar-refractivity contribution in [3.05, 3.63) is 108 Å². The van der Waals surface area contributed by atoms with Gasteiger partial charge in [-0.1, -0.05) is 91.0 Å². The summed E-state index contributed by atoms with van der Waals surface area (Å²) in [5.41, 5.74) is -0.140. The Labute approximate surface area is 224 Å². The van der Waals surface area contributed by atoms with Crippen LogP contribution in [0.1, 0.15) is 43.9 Å². The van der Waals surface area contributed by atoms with Crippen LogP contribution in [0.4, 0.5) is 4.79 Å². The molecule has 4 N–H and O–H groups in total. The van der Waals surface area contributed by atoms with Crippen LogP contribution in [0.3, 0.4) is 0 Å². The van der Waals surface area contributed by atoms with Crippen molar-refractivity contribution in [3.8, 4) is 0 Å². The third-order valence-corrected chi connectivity index (χ3v) is 6.07. The second kappa shape index (κ2) is 13.2. The van der Waals surface area contributed by atoms with Gasteiger partial charge < -0.3 is 25.6 Å². The van der Waals surface area contributed by atoms with E-state index < -0.39 is 35.3 Å². The minimum absolute atomic E-state index is 0.00395. The van der Waals surface area contributed by atoms with E-state index in [1.54, 1.807) is 20.8 Å². The summed E-state index contributed by atoms with van der Waals surface area (Å²) in [6.45, 7) is 5.50. The monoisotopic (exact) mass is 518 g/mol. The molecule has 202 valence electrons. The van der Waals surface area contributed by atoms with Crippen molar-refractivity contribution in [3.63, 3.8) is 0 Å². The van der Waals surface area contributed by atoms with Crippen LogP contribution in [0.2, 0.25) is 0 Å². The van der Waals surface area contributed by atoms with Crippen molar-refractivity contribution in [2.45, 2.75) is 69.9 Å². The number of carbonyl (C=O) groups excluding carboxylic acids is 2. The van der Waals surface area contributed by atoms with Crippen LogP contribution in [0.15, 0.2) is 91.0 Å². The number of amides is 2. The second-order valence-corrected chi connectivity index (χ2v) is 10.6. The first-order valence-corrected chi connectivity index (χ1v) is 12.8. The van der Waals surface area contributed by atoms with Crippen LogP contribution < -0.4 is 10.6 Å². The fraction of sp³-hybridized carbons (Fsp3) is 0.355. The molecule has 0 aromatic heterocycles. The maximum atomic E-state index is 13.4. The molecule has 3 atom stereocenters. The lowest BCUT2D eigenvalue weighted by molar-refractivity contribution is -0.143. The van der Waals surface area contributed by atoms with Crippen molar-refractivity contribution in [1.82, 2.24) is 10.6 Å². The number of benzene rings is 3. The Morgan fingerprint density at radius 1 is 0.816 bits per heavy atom. The van der Waals surface area contributed by atoms with Gasteiger partial charge in [-0.2, -0.15) is 0 Å². The number of nitrogens with one attached hydrogen (secondary N) is 2. The molecule has 0 aliphatic heterocycles. The number of hydrogen-bond donors (Lipinski definition) is 4. The van der Waals surface area contributed by atoms with E-state index in [0.717, 1.165) is 16.7 Å². The number of ether oxygens (including phenoxy) is 1. The van der Waals surface area contributed by atoms with E-state index in [1.807, 2.05) is 91.0 Å². The van der Waals surface area contributed by atoms with Gasteiger partial charge >= 0.3 is 6.09 Å². The van der Waals surface area contributed by atoms with Crippen molar-refractivity contribution < 1.29 is 24.5 Å². The van der Waals surface area contributed by atoms with E-state index in [-0.39, 0.29) is 25.8 Å². The van der Waals surface area contributed by atoms with Crippen LogP contribution in [0.5, 0.6) is 0 Å². The summed E-state index contributed by atoms with van der Waals surface area (Å²) in [4.78, 5) is 26.0. The normalized spacial score (nSPS) is 14.6. The van der Waals surface area contributed by atoms with Gasteiger partial charge in [-0.3, -0.25) is 4.79 Å². The predicted molar refractivity (Wildman–Crippen MR) is 147 cm³/mol. The zero-order valence-electron chi connectivity index (χ0n) is 22.3. The number of aliphatic hydroxyl groups is 2. The molecule has 0 saturated heterocycles. The number of hydrogen-bond acceptors (Lipinski definition) is 5. The zero-order chi connectivity index (χ0) is 27.6. The highest BCUT2D eigenvalue weighted by Crippen LogP contribution is 2.23. The molecule has 0 bridgehead atoms. The molecular weight excluding hydrogens is 480 g/mol. The lowest BCUT2D eigenvalue weighted by atomic mass is 9.85. The Hall–Kier alpha value is -3.68. The molecule has 0 aliphatic carbocycles. The van der Waals surface area contributed by atoms with Crippen molar-refractivity contribution >= 4 is 12.0 Å². The first-order chi connectivity index (χ1) is 18.0. The molecule has 0 saturated carbocycles. The molecule has 7 nitrogen and oxygen atoms in total. The van der Waals surface area contributed by atoms with Gasteiger partial charge in [0.15, 0.2) is 0 Å². The summed E-state index contributed by atoms with van der Waals surface area (Å²) >= 11 is 0. The standard InChI is InChI=1S/C31H38N2O5/c1-30(2,3)38-29(36)33-26(19-23-13-7-4-8-14-23)27(34)21-31(37,20-24-15-9-5-10-16-24)28(35)32-22-25-17-11-6-12-18-25/h4-18,26-27,34,37H,19-22H2,1-3H3,(H,32,35)(H,33,36)/t26-,27-,31-/m0/s1. The number of alkyl carbamates (subject to hydrolysis) is 1. The number of aliphatic hydroxyl groups excluding tert-OH is 1. The Morgan fingerprint density at radius 3 is 1.84 bits per heavy atom. The van der Waals surface area contributed by atoms with E-state index in [4.69, 9.17) is 4.74 Å². The van der Waals surface area contributed by atoms with Crippen molar-refractivity contribution in [1.29, 1.82) is 0 Å².